The van der Waals surface area contributed by atoms with Gasteiger partial charge in [-0.3, -0.25) is 0 Å². The maximum absolute atomic E-state index is 6.23. The van der Waals surface area contributed by atoms with Crippen molar-refractivity contribution in [1.29, 1.82) is 0 Å². The standard InChI is InChI=1S/C12H32O4Si4/c1-17(2)13-9-10-15-19(5,6)20(7,8)16-12-11-14-18(17,3)4/h9-12H2,1-8H3. The molecule has 1 aliphatic heterocycles. The molecule has 0 aliphatic carbocycles. The Morgan fingerprint density at radius 3 is 0.700 bits per heavy atom. The van der Waals surface area contributed by atoms with Crippen LogP contribution in [-0.2, 0) is 17.7 Å². The van der Waals surface area contributed by atoms with E-state index in [-0.39, 0.29) is 0 Å². The van der Waals surface area contributed by atoms with Crippen LogP contribution < -0.4 is 0 Å². The van der Waals surface area contributed by atoms with Crippen molar-refractivity contribution in [2.75, 3.05) is 26.4 Å². The van der Waals surface area contributed by atoms with E-state index in [0.717, 1.165) is 0 Å². The number of hydrogen-bond acceptors (Lipinski definition) is 4. The number of rotatable bonds is 0. The summed E-state index contributed by atoms with van der Waals surface area (Å²) in [4.78, 5) is 0. The molecule has 0 unspecified atom stereocenters. The van der Waals surface area contributed by atoms with E-state index in [9.17, 15) is 0 Å². The minimum absolute atomic E-state index is 0.694. The number of hydrogen-bond donors (Lipinski definition) is 0. The van der Waals surface area contributed by atoms with Crippen molar-refractivity contribution >= 4 is 31.3 Å². The second-order valence-corrected chi connectivity index (χ2v) is 35.1. The summed E-state index contributed by atoms with van der Waals surface area (Å²) in [6, 6.07) is 0. The van der Waals surface area contributed by atoms with Gasteiger partial charge in [0.15, 0.2) is 0 Å². The monoisotopic (exact) mass is 352 g/mol. The van der Waals surface area contributed by atoms with Gasteiger partial charge in [-0.05, 0) is 52.4 Å². The van der Waals surface area contributed by atoms with Crippen LogP contribution in [0.5, 0.6) is 0 Å². The van der Waals surface area contributed by atoms with Crippen molar-refractivity contribution in [3.8, 4) is 0 Å². The van der Waals surface area contributed by atoms with Crippen LogP contribution in [0.2, 0.25) is 52.4 Å². The molecule has 0 aromatic carbocycles. The van der Waals surface area contributed by atoms with Crippen LogP contribution >= 0.6 is 0 Å². The average Bonchev–Trinajstić information content (AvgIpc) is 2.29. The Bertz CT molecular complexity index is 267. The highest BCUT2D eigenvalue weighted by Gasteiger charge is 2.48. The third-order valence-corrected chi connectivity index (χ3v) is 33.6. The highest BCUT2D eigenvalue weighted by Crippen LogP contribution is 2.25. The first-order valence-electron chi connectivity index (χ1n) is 7.47. The van der Waals surface area contributed by atoms with Gasteiger partial charge >= 0.3 is 0 Å². The van der Waals surface area contributed by atoms with Gasteiger partial charge in [-0.25, -0.2) is 0 Å². The molecule has 20 heavy (non-hydrogen) atoms. The van der Waals surface area contributed by atoms with E-state index >= 15 is 0 Å². The first kappa shape index (κ1) is 18.8. The maximum atomic E-state index is 6.23. The quantitative estimate of drug-likeness (QED) is 0.628. The minimum Gasteiger partial charge on any atom is -0.415 e. The molecule has 1 saturated heterocycles. The van der Waals surface area contributed by atoms with Gasteiger partial charge in [-0.1, -0.05) is 0 Å². The molecule has 0 radical (unpaired) electrons. The molecule has 8 heteroatoms. The summed E-state index contributed by atoms with van der Waals surface area (Å²) in [5.74, 6) is 0. The summed E-state index contributed by atoms with van der Waals surface area (Å²) in [6.45, 7) is 20.9. The van der Waals surface area contributed by atoms with Gasteiger partial charge in [0.25, 0.3) is 0 Å². The fourth-order valence-electron chi connectivity index (χ4n) is 1.88. The van der Waals surface area contributed by atoms with E-state index in [1.807, 2.05) is 0 Å². The van der Waals surface area contributed by atoms with E-state index in [0.29, 0.717) is 26.4 Å². The second kappa shape index (κ2) is 6.45. The lowest BCUT2D eigenvalue weighted by atomic mass is 10.8. The minimum atomic E-state index is -1.77. The average molecular weight is 353 g/mol. The molecule has 0 aromatic rings. The van der Waals surface area contributed by atoms with E-state index in [2.05, 4.69) is 52.4 Å². The Morgan fingerprint density at radius 1 is 0.400 bits per heavy atom. The van der Waals surface area contributed by atoms with Gasteiger partial charge in [-0.15, -0.1) is 0 Å². The van der Waals surface area contributed by atoms with Gasteiger partial charge in [0.05, 0.1) is 26.4 Å². The molecule has 0 atom stereocenters. The summed E-state index contributed by atoms with van der Waals surface area (Å²) in [5, 5.41) is 0. The van der Waals surface area contributed by atoms with Crippen LogP contribution in [0.1, 0.15) is 0 Å². The van der Waals surface area contributed by atoms with Crippen molar-refractivity contribution in [1.82, 2.24) is 0 Å². The molecule has 120 valence electrons. The SMILES string of the molecule is C[Si]1(C)OCCO[Si](C)(C)[Si](C)(C)OCCO[Si]1(C)C. The molecule has 0 saturated carbocycles. The Morgan fingerprint density at radius 2 is 0.550 bits per heavy atom. The van der Waals surface area contributed by atoms with Crippen LogP contribution in [0.15, 0.2) is 0 Å². The summed E-state index contributed by atoms with van der Waals surface area (Å²) in [5.41, 5.74) is 0. The lowest BCUT2D eigenvalue weighted by molar-refractivity contribution is 0.184. The largest absolute Gasteiger partial charge is 0.415 e. The summed E-state index contributed by atoms with van der Waals surface area (Å²) in [7, 11) is -7.07. The molecular weight excluding hydrogens is 320 g/mol. The zero-order chi connectivity index (χ0) is 15.7. The van der Waals surface area contributed by atoms with Gasteiger partial charge in [0, 0.05) is 0 Å². The van der Waals surface area contributed by atoms with Crippen molar-refractivity contribution < 1.29 is 17.7 Å². The van der Waals surface area contributed by atoms with Gasteiger partial charge in [0.2, 0.25) is 31.3 Å². The van der Waals surface area contributed by atoms with E-state index in [1.54, 1.807) is 0 Å². The fraction of sp³-hybridized carbons (Fsp3) is 1.00. The van der Waals surface area contributed by atoms with Crippen molar-refractivity contribution in [3.63, 3.8) is 0 Å². The van der Waals surface area contributed by atoms with Crippen LogP contribution in [0.3, 0.4) is 0 Å². The topological polar surface area (TPSA) is 36.9 Å². The first-order chi connectivity index (χ1) is 8.91. The van der Waals surface area contributed by atoms with Gasteiger partial charge in [-0.2, -0.15) is 0 Å². The Balaban J connectivity index is 2.81. The molecule has 0 aromatic heterocycles. The normalized spacial score (nSPS) is 30.0. The third kappa shape index (κ3) is 4.35. The van der Waals surface area contributed by atoms with Gasteiger partial charge in [0.1, 0.15) is 0 Å². The Hall–Kier alpha value is 0.708. The van der Waals surface area contributed by atoms with Crippen molar-refractivity contribution in [2.45, 2.75) is 52.4 Å². The van der Waals surface area contributed by atoms with Gasteiger partial charge < -0.3 is 17.7 Å². The van der Waals surface area contributed by atoms with Crippen LogP contribution in [0.4, 0.5) is 0 Å². The first-order valence-corrected chi connectivity index (χ1v) is 21.1. The molecular formula is C12H32O4Si4. The van der Waals surface area contributed by atoms with Crippen LogP contribution in [-0.4, -0.2) is 57.8 Å². The van der Waals surface area contributed by atoms with Crippen LogP contribution in [0, 0.1) is 0 Å². The molecule has 0 N–H and O–H groups in total. The predicted octanol–water partition coefficient (Wildman–Crippen LogP) is 3.04. The zero-order valence-electron chi connectivity index (χ0n) is 14.5. The molecule has 1 fully saturated rings. The third-order valence-electron chi connectivity index (χ3n) is 4.92. The lowest BCUT2D eigenvalue weighted by Gasteiger charge is -2.41. The molecule has 1 rings (SSSR count). The second-order valence-electron chi connectivity index (χ2n) is 7.44. The highest BCUT2D eigenvalue weighted by atomic mass is 29.3. The molecule has 0 spiro atoms. The smallest absolute Gasteiger partial charge is 0.205 e. The molecule has 1 heterocycles. The van der Waals surface area contributed by atoms with E-state index in [4.69, 9.17) is 17.7 Å². The maximum Gasteiger partial charge on any atom is 0.205 e. The van der Waals surface area contributed by atoms with E-state index < -0.39 is 31.3 Å². The van der Waals surface area contributed by atoms with Crippen molar-refractivity contribution in [2.24, 2.45) is 0 Å². The fourth-order valence-corrected chi connectivity index (χ4v) is 11.0. The van der Waals surface area contributed by atoms with E-state index in [1.165, 1.54) is 0 Å². The molecule has 1 aliphatic rings. The predicted molar refractivity (Wildman–Crippen MR) is 93.7 cm³/mol. The molecule has 0 bridgehead atoms. The molecule has 4 nitrogen and oxygen atoms in total. The van der Waals surface area contributed by atoms with Crippen LogP contribution in [0.25, 0.3) is 0 Å². The summed E-state index contributed by atoms with van der Waals surface area (Å²) < 4.78 is 24.9. The Labute approximate surface area is 128 Å². The zero-order valence-corrected chi connectivity index (χ0v) is 18.5. The Kier molecular flexibility index (Phi) is 6.05. The molecule has 0 amide bonds. The van der Waals surface area contributed by atoms with Crippen molar-refractivity contribution in [3.05, 3.63) is 0 Å². The highest BCUT2D eigenvalue weighted by molar-refractivity contribution is 7.36. The lowest BCUT2D eigenvalue weighted by Crippen LogP contribution is -2.62. The summed E-state index contributed by atoms with van der Waals surface area (Å²) in [6.07, 6.45) is 0. The summed E-state index contributed by atoms with van der Waals surface area (Å²) >= 11 is 0.